The van der Waals surface area contributed by atoms with E-state index in [4.69, 9.17) is 0 Å². The van der Waals surface area contributed by atoms with Crippen molar-refractivity contribution >= 4 is 33.9 Å². The fourth-order valence-electron chi connectivity index (χ4n) is 3.33. The number of carbonyl (C=O) groups is 1. The number of benzene rings is 1. The summed E-state index contributed by atoms with van der Waals surface area (Å²) in [7, 11) is 0. The third kappa shape index (κ3) is 2.85. The van der Waals surface area contributed by atoms with E-state index in [0.717, 1.165) is 22.1 Å². The monoisotopic (exact) mass is 362 g/mol. The number of fused-ring (bicyclic) bond motifs is 2. The summed E-state index contributed by atoms with van der Waals surface area (Å²) in [4.78, 5) is 22.1. The first-order chi connectivity index (χ1) is 13.0. The molecule has 3 aromatic heterocycles. The standard InChI is InChI=1S/C20H22N6O/c1-5-25-17-9-7-6-8-16(17)23-20(25)24-19(27)15-10-14-11-21-26(12(2)3)18(14)22-13(15)4/h6-12H,5H2,1-4H3,(H,23,24,27). The van der Waals surface area contributed by atoms with Gasteiger partial charge in [-0.1, -0.05) is 12.1 Å². The summed E-state index contributed by atoms with van der Waals surface area (Å²) in [5.41, 5.74) is 3.85. The molecule has 0 saturated heterocycles. The van der Waals surface area contributed by atoms with Crippen molar-refractivity contribution in [1.29, 1.82) is 0 Å². The maximum Gasteiger partial charge on any atom is 0.259 e. The number of anilines is 1. The van der Waals surface area contributed by atoms with E-state index in [2.05, 4.69) is 34.2 Å². The Labute approximate surface area is 157 Å². The first kappa shape index (κ1) is 17.2. The van der Waals surface area contributed by atoms with Crippen molar-refractivity contribution in [3.05, 3.63) is 47.8 Å². The second-order valence-corrected chi connectivity index (χ2v) is 6.84. The van der Waals surface area contributed by atoms with Crippen molar-refractivity contribution in [3.63, 3.8) is 0 Å². The molecule has 1 aromatic carbocycles. The van der Waals surface area contributed by atoms with E-state index in [-0.39, 0.29) is 11.9 Å². The van der Waals surface area contributed by atoms with Crippen LogP contribution in [0.5, 0.6) is 0 Å². The highest BCUT2D eigenvalue weighted by Gasteiger charge is 2.18. The molecule has 7 nitrogen and oxygen atoms in total. The minimum Gasteiger partial charge on any atom is -0.310 e. The minimum absolute atomic E-state index is 0.207. The van der Waals surface area contributed by atoms with Crippen LogP contribution in [0.1, 0.15) is 42.9 Å². The molecule has 0 unspecified atom stereocenters. The molecule has 0 bridgehead atoms. The van der Waals surface area contributed by atoms with Gasteiger partial charge in [0.2, 0.25) is 5.95 Å². The highest BCUT2D eigenvalue weighted by Crippen LogP contribution is 2.22. The number of aromatic nitrogens is 5. The van der Waals surface area contributed by atoms with E-state index < -0.39 is 0 Å². The van der Waals surface area contributed by atoms with Crippen LogP contribution in [0.15, 0.2) is 36.5 Å². The molecule has 0 saturated carbocycles. The van der Waals surface area contributed by atoms with E-state index in [1.807, 2.05) is 53.4 Å². The molecule has 1 amide bonds. The van der Waals surface area contributed by atoms with E-state index in [1.54, 1.807) is 6.20 Å². The fourth-order valence-corrected chi connectivity index (χ4v) is 3.33. The van der Waals surface area contributed by atoms with Crippen molar-refractivity contribution in [2.45, 2.75) is 40.3 Å². The first-order valence-electron chi connectivity index (χ1n) is 9.11. The third-order valence-electron chi connectivity index (χ3n) is 4.69. The molecule has 0 aliphatic rings. The number of nitrogens with one attached hydrogen (secondary N) is 1. The van der Waals surface area contributed by atoms with E-state index >= 15 is 0 Å². The largest absolute Gasteiger partial charge is 0.310 e. The summed E-state index contributed by atoms with van der Waals surface area (Å²) in [6.07, 6.45) is 1.75. The number of hydrogen-bond acceptors (Lipinski definition) is 4. The molecule has 0 aliphatic heterocycles. The molecule has 7 heteroatoms. The fraction of sp³-hybridized carbons (Fsp3) is 0.300. The lowest BCUT2D eigenvalue weighted by molar-refractivity contribution is 0.102. The van der Waals surface area contributed by atoms with E-state index in [9.17, 15) is 4.79 Å². The number of rotatable bonds is 4. The van der Waals surface area contributed by atoms with Crippen molar-refractivity contribution < 1.29 is 4.79 Å². The molecule has 1 N–H and O–H groups in total. The summed E-state index contributed by atoms with van der Waals surface area (Å²) in [6.45, 7) is 8.70. The van der Waals surface area contributed by atoms with Gasteiger partial charge >= 0.3 is 0 Å². The molecule has 0 radical (unpaired) electrons. The van der Waals surface area contributed by atoms with Gasteiger partial charge in [0.1, 0.15) is 0 Å². The molecular weight excluding hydrogens is 340 g/mol. The SMILES string of the molecule is CCn1c(NC(=O)c2cc3cnn(C(C)C)c3nc2C)nc2ccccc21. The van der Waals surface area contributed by atoms with Crippen LogP contribution in [0, 0.1) is 6.92 Å². The molecular formula is C20H22N6O. The summed E-state index contributed by atoms with van der Waals surface area (Å²) in [5, 5.41) is 8.18. The molecule has 27 heavy (non-hydrogen) atoms. The molecule has 4 rings (SSSR count). The topological polar surface area (TPSA) is 77.6 Å². The van der Waals surface area contributed by atoms with Gasteiger partial charge in [0.05, 0.1) is 28.5 Å². The second-order valence-electron chi connectivity index (χ2n) is 6.84. The first-order valence-corrected chi connectivity index (χ1v) is 9.11. The molecule has 0 fully saturated rings. The molecule has 0 aliphatic carbocycles. The number of para-hydroxylation sites is 2. The number of carbonyl (C=O) groups excluding carboxylic acids is 1. The quantitative estimate of drug-likeness (QED) is 0.596. The second kappa shape index (κ2) is 6.50. The van der Waals surface area contributed by atoms with Gasteiger partial charge in [-0.3, -0.25) is 10.1 Å². The van der Waals surface area contributed by atoms with Crippen LogP contribution in [-0.2, 0) is 6.54 Å². The number of aryl methyl sites for hydroxylation is 2. The Morgan fingerprint density at radius 2 is 2.00 bits per heavy atom. The zero-order valence-corrected chi connectivity index (χ0v) is 15.9. The molecule has 0 spiro atoms. The van der Waals surface area contributed by atoms with Crippen molar-refractivity contribution in [1.82, 2.24) is 24.3 Å². The predicted molar refractivity (Wildman–Crippen MR) is 106 cm³/mol. The Kier molecular flexibility index (Phi) is 4.14. The lowest BCUT2D eigenvalue weighted by Crippen LogP contribution is -2.17. The Morgan fingerprint density at radius 1 is 1.22 bits per heavy atom. The van der Waals surface area contributed by atoms with Gasteiger partial charge in [0, 0.05) is 18.0 Å². The van der Waals surface area contributed by atoms with Crippen LogP contribution in [0.2, 0.25) is 0 Å². The number of pyridine rings is 1. The summed E-state index contributed by atoms with van der Waals surface area (Å²) >= 11 is 0. The molecule has 3 heterocycles. The zero-order valence-electron chi connectivity index (χ0n) is 15.9. The van der Waals surface area contributed by atoms with Gasteiger partial charge in [-0.2, -0.15) is 5.10 Å². The highest BCUT2D eigenvalue weighted by molar-refractivity contribution is 6.06. The summed E-state index contributed by atoms with van der Waals surface area (Å²) < 4.78 is 3.85. The number of amides is 1. The molecule has 4 aromatic rings. The van der Waals surface area contributed by atoms with Crippen LogP contribution in [0.25, 0.3) is 22.1 Å². The number of hydrogen-bond donors (Lipinski definition) is 1. The Bertz CT molecular complexity index is 1150. The van der Waals surface area contributed by atoms with Gasteiger partial charge in [0.25, 0.3) is 5.91 Å². The van der Waals surface area contributed by atoms with Gasteiger partial charge in [0.15, 0.2) is 5.65 Å². The van der Waals surface area contributed by atoms with Gasteiger partial charge in [-0.25, -0.2) is 14.6 Å². The van der Waals surface area contributed by atoms with Crippen LogP contribution < -0.4 is 5.32 Å². The number of nitrogens with zero attached hydrogens (tertiary/aromatic N) is 5. The average Bonchev–Trinajstić information content (AvgIpc) is 3.20. The number of imidazole rings is 1. The Hall–Kier alpha value is -3.22. The maximum absolute atomic E-state index is 12.9. The third-order valence-corrected chi connectivity index (χ3v) is 4.69. The predicted octanol–water partition coefficient (Wildman–Crippen LogP) is 3.94. The van der Waals surface area contributed by atoms with Crippen LogP contribution >= 0.6 is 0 Å². The Morgan fingerprint density at radius 3 is 2.74 bits per heavy atom. The molecule has 138 valence electrons. The van der Waals surface area contributed by atoms with Gasteiger partial charge in [-0.05, 0) is 45.9 Å². The van der Waals surface area contributed by atoms with E-state index in [0.29, 0.717) is 23.8 Å². The minimum atomic E-state index is -0.218. The van der Waals surface area contributed by atoms with Crippen molar-refractivity contribution in [2.75, 3.05) is 5.32 Å². The smallest absolute Gasteiger partial charge is 0.259 e. The van der Waals surface area contributed by atoms with Crippen LogP contribution in [0.3, 0.4) is 0 Å². The van der Waals surface area contributed by atoms with Gasteiger partial charge in [-0.15, -0.1) is 0 Å². The maximum atomic E-state index is 12.9. The van der Waals surface area contributed by atoms with Crippen molar-refractivity contribution in [3.8, 4) is 0 Å². The van der Waals surface area contributed by atoms with Gasteiger partial charge < -0.3 is 4.57 Å². The normalized spacial score (nSPS) is 11.6. The average molecular weight is 362 g/mol. The highest BCUT2D eigenvalue weighted by atomic mass is 16.1. The molecule has 0 atom stereocenters. The zero-order chi connectivity index (χ0) is 19.1. The van der Waals surface area contributed by atoms with E-state index in [1.165, 1.54) is 0 Å². The summed E-state index contributed by atoms with van der Waals surface area (Å²) in [5.74, 6) is 0.324. The van der Waals surface area contributed by atoms with Crippen LogP contribution in [-0.4, -0.2) is 30.2 Å². The lowest BCUT2D eigenvalue weighted by atomic mass is 10.1. The van der Waals surface area contributed by atoms with Crippen LogP contribution in [0.4, 0.5) is 5.95 Å². The van der Waals surface area contributed by atoms with Crippen molar-refractivity contribution in [2.24, 2.45) is 0 Å². The Balaban J connectivity index is 1.72. The summed E-state index contributed by atoms with van der Waals surface area (Å²) in [6, 6.07) is 9.90. The lowest BCUT2D eigenvalue weighted by Gasteiger charge is -2.10.